The zero-order chi connectivity index (χ0) is 21.3. The molecule has 0 spiro atoms. The molecule has 0 amide bonds. The van der Waals surface area contributed by atoms with Crippen molar-refractivity contribution in [1.29, 1.82) is 5.26 Å². The molecule has 5 nitrogen and oxygen atoms in total. The molecule has 7 heteroatoms. The van der Waals surface area contributed by atoms with Gasteiger partial charge < -0.3 is 9.67 Å². The molecule has 0 bridgehead atoms. The van der Waals surface area contributed by atoms with Crippen molar-refractivity contribution < 1.29 is 14.3 Å². The van der Waals surface area contributed by atoms with E-state index in [1.54, 1.807) is 41.8 Å². The van der Waals surface area contributed by atoms with Gasteiger partial charge in [-0.15, -0.1) is 0 Å². The molecule has 0 atom stereocenters. The predicted molar refractivity (Wildman–Crippen MR) is 109 cm³/mol. The van der Waals surface area contributed by atoms with Crippen molar-refractivity contribution in [2.75, 3.05) is 0 Å². The number of aromatic nitrogens is 1. The molecule has 0 aliphatic heterocycles. The van der Waals surface area contributed by atoms with E-state index in [0.29, 0.717) is 22.8 Å². The zero-order valence-electron chi connectivity index (χ0n) is 15.7. The van der Waals surface area contributed by atoms with Crippen LogP contribution in [0.3, 0.4) is 0 Å². The second kappa shape index (κ2) is 7.90. The van der Waals surface area contributed by atoms with Crippen LogP contribution >= 0.6 is 11.6 Å². The lowest BCUT2D eigenvalue weighted by atomic mass is 9.95. The molecule has 1 aromatic heterocycles. The van der Waals surface area contributed by atoms with Crippen molar-refractivity contribution in [3.8, 4) is 28.5 Å². The SMILES string of the molecule is CCn1c(C)c(-c2ccc(F)c(C#N)c2)c(=O)c(C(=O)O)c1-c1ccc(Cl)cc1. The summed E-state index contributed by atoms with van der Waals surface area (Å²) in [5, 5.41) is 19.4. The molecule has 0 unspecified atom stereocenters. The molecular weight excluding hydrogens is 395 g/mol. The number of carboxylic acids is 1. The Labute approximate surface area is 171 Å². The Morgan fingerprint density at radius 3 is 2.38 bits per heavy atom. The van der Waals surface area contributed by atoms with Gasteiger partial charge in [0, 0.05) is 22.8 Å². The molecule has 0 aliphatic rings. The van der Waals surface area contributed by atoms with Gasteiger partial charge in [-0.1, -0.05) is 29.8 Å². The monoisotopic (exact) mass is 410 g/mol. The number of benzene rings is 2. The highest BCUT2D eigenvalue weighted by atomic mass is 35.5. The number of pyridine rings is 1. The molecule has 0 fully saturated rings. The van der Waals surface area contributed by atoms with Crippen molar-refractivity contribution in [2.24, 2.45) is 0 Å². The molecule has 0 saturated heterocycles. The van der Waals surface area contributed by atoms with E-state index in [0.717, 1.165) is 6.07 Å². The van der Waals surface area contributed by atoms with Crippen LogP contribution in [0.1, 0.15) is 28.5 Å². The van der Waals surface area contributed by atoms with E-state index in [4.69, 9.17) is 16.9 Å². The topological polar surface area (TPSA) is 83.1 Å². The zero-order valence-corrected chi connectivity index (χ0v) is 16.4. The van der Waals surface area contributed by atoms with Gasteiger partial charge in [0.2, 0.25) is 5.43 Å². The highest BCUT2D eigenvalue weighted by molar-refractivity contribution is 6.30. The number of nitriles is 1. The number of rotatable bonds is 4. The van der Waals surface area contributed by atoms with Crippen LogP contribution in [0.15, 0.2) is 47.3 Å². The molecule has 1 heterocycles. The van der Waals surface area contributed by atoms with Crippen molar-refractivity contribution in [3.63, 3.8) is 0 Å². The van der Waals surface area contributed by atoms with Gasteiger partial charge >= 0.3 is 5.97 Å². The van der Waals surface area contributed by atoms with Gasteiger partial charge in [0.1, 0.15) is 17.4 Å². The maximum atomic E-state index is 13.7. The molecule has 3 aromatic rings. The average molecular weight is 411 g/mol. The minimum Gasteiger partial charge on any atom is -0.477 e. The number of halogens is 2. The van der Waals surface area contributed by atoms with Crippen molar-refractivity contribution in [3.05, 3.63) is 80.3 Å². The van der Waals surface area contributed by atoms with Crippen LogP contribution in [0.2, 0.25) is 5.02 Å². The standard InChI is InChI=1S/C22H16ClFN2O3/c1-3-26-12(2)18(14-6-9-17(24)15(10-14)11-25)21(27)19(22(28)29)20(26)13-4-7-16(23)8-5-13/h4-10H,3H2,1-2H3,(H,28,29). The molecule has 0 radical (unpaired) electrons. The summed E-state index contributed by atoms with van der Waals surface area (Å²) in [7, 11) is 0. The summed E-state index contributed by atoms with van der Waals surface area (Å²) in [6, 6.07) is 12.0. The molecule has 0 aliphatic carbocycles. The summed E-state index contributed by atoms with van der Waals surface area (Å²) in [6.07, 6.45) is 0. The van der Waals surface area contributed by atoms with Crippen LogP contribution in [0.4, 0.5) is 4.39 Å². The van der Waals surface area contributed by atoms with Crippen LogP contribution in [0, 0.1) is 24.1 Å². The largest absolute Gasteiger partial charge is 0.477 e. The van der Waals surface area contributed by atoms with Crippen LogP contribution < -0.4 is 5.43 Å². The van der Waals surface area contributed by atoms with Gasteiger partial charge in [0.25, 0.3) is 0 Å². The Hall–Kier alpha value is -3.43. The number of nitrogens with zero attached hydrogens (tertiary/aromatic N) is 2. The highest BCUT2D eigenvalue weighted by Gasteiger charge is 2.25. The molecule has 2 aromatic carbocycles. The Morgan fingerprint density at radius 1 is 1.21 bits per heavy atom. The van der Waals surface area contributed by atoms with Gasteiger partial charge in [-0.05, 0) is 49.2 Å². The first kappa shape index (κ1) is 20.3. The van der Waals surface area contributed by atoms with Gasteiger partial charge in [0.15, 0.2) is 0 Å². The molecule has 146 valence electrons. The molecule has 1 N–H and O–H groups in total. The van der Waals surface area contributed by atoms with Gasteiger partial charge in [-0.25, -0.2) is 9.18 Å². The Bertz CT molecular complexity index is 1220. The van der Waals surface area contributed by atoms with Gasteiger partial charge in [0.05, 0.1) is 11.3 Å². The van der Waals surface area contributed by atoms with Crippen molar-refractivity contribution >= 4 is 17.6 Å². The van der Waals surface area contributed by atoms with Gasteiger partial charge in [-0.2, -0.15) is 5.26 Å². The summed E-state index contributed by atoms with van der Waals surface area (Å²) in [4.78, 5) is 25.3. The second-order valence-electron chi connectivity index (χ2n) is 6.38. The fraction of sp³-hybridized carbons (Fsp3) is 0.136. The third-order valence-electron chi connectivity index (χ3n) is 4.75. The Morgan fingerprint density at radius 2 is 1.83 bits per heavy atom. The second-order valence-corrected chi connectivity index (χ2v) is 6.81. The van der Waals surface area contributed by atoms with Crippen LogP contribution in [-0.4, -0.2) is 15.6 Å². The Kier molecular flexibility index (Phi) is 5.53. The van der Waals surface area contributed by atoms with Crippen molar-refractivity contribution in [1.82, 2.24) is 4.57 Å². The number of hydrogen-bond donors (Lipinski definition) is 1. The van der Waals surface area contributed by atoms with Gasteiger partial charge in [-0.3, -0.25) is 4.79 Å². The van der Waals surface area contributed by atoms with Crippen LogP contribution in [0.5, 0.6) is 0 Å². The fourth-order valence-corrected chi connectivity index (χ4v) is 3.57. The number of carbonyl (C=O) groups is 1. The lowest BCUT2D eigenvalue weighted by Crippen LogP contribution is -2.25. The number of aromatic carboxylic acids is 1. The van der Waals surface area contributed by atoms with E-state index in [9.17, 15) is 19.1 Å². The Balaban J connectivity index is 2.44. The lowest BCUT2D eigenvalue weighted by molar-refractivity contribution is 0.0695. The quantitative estimate of drug-likeness (QED) is 0.664. The molecular formula is C22H16ClFN2O3. The number of carboxylic acid groups (broad SMARTS) is 1. The van der Waals surface area contributed by atoms with E-state index < -0.39 is 22.8 Å². The van der Waals surface area contributed by atoms with E-state index in [-0.39, 0.29) is 22.4 Å². The predicted octanol–water partition coefficient (Wildman–Crippen LogP) is 4.87. The normalized spacial score (nSPS) is 10.6. The number of hydrogen-bond acceptors (Lipinski definition) is 3. The first-order valence-electron chi connectivity index (χ1n) is 8.76. The minimum atomic E-state index is -1.37. The minimum absolute atomic E-state index is 0.124. The van der Waals surface area contributed by atoms with Crippen molar-refractivity contribution in [2.45, 2.75) is 20.4 Å². The van der Waals surface area contributed by atoms with E-state index in [1.807, 2.05) is 6.92 Å². The van der Waals surface area contributed by atoms with Crippen LogP contribution in [-0.2, 0) is 6.54 Å². The first-order chi connectivity index (χ1) is 13.8. The summed E-state index contributed by atoms with van der Waals surface area (Å²) in [5.41, 5.74) is 0.433. The fourth-order valence-electron chi connectivity index (χ4n) is 3.44. The molecule has 0 saturated carbocycles. The van der Waals surface area contributed by atoms with E-state index in [1.165, 1.54) is 12.1 Å². The first-order valence-corrected chi connectivity index (χ1v) is 9.14. The van der Waals surface area contributed by atoms with E-state index in [2.05, 4.69) is 0 Å². The summed E-state index contributed by atoms with van der Waals surface area (Å²) in [6.45, 7) is 3.92. The average Bonchev–Trinajstić information content (AvgIpc) is 2.69. The summed E-state index contributed by atoms with van der Waals surface area (Å²) >= 11 is 5.94. The highest BCUT2D eigenvalue weighted by Crippen LogP contribution is 2.30. The van der Waals surface area contributed by atoms with Crippen LogP contribution in [0.25, 0.3) is 22.4 Å². The summed E-state index contributed by atoms with van der Waals surface area (Å²) in [5.74, 6) is -2.08. The molecule has 29 heavy (non-hydrogen) atoms. The molecule has 3 rings (SSSR count). The third-order valence-corrected chi connectivity index (χ3v) is 5.00. The maximum Gasteiger partial charge on any atom is 0.341 e. The summed E-state index contributed by atoms with van der Waals surface area (Å²) < 4.78 is 15.5. The smallest absolute Gasteiger partial charge is 0.341 e. The lowest BCUT2D eigenvalue weighted by Gasteiger charge is -2.21. The third kappa shape index (κ3) is 3.53. The maximum absolute atomic E-state index is 13.7. The van der Waals surface area contributed by atoms with E-state index >= 15 is 0 Å².